The van der Waals surface area contributed by atoms with E-state index in [1.165, 1.54) is 5.57 Å². The van der Waals surface area contributed by atoms with Crippen LogP contribution in [0.5, 0.6) is 0 Å². The molecule has 0 bridgehead atoms. The second kappa shape index (κ2) is 2.19. The Morgan fingerprint density at radius 1 is 1.11 bits per heavy atom. The van der Waals surface area contributed by atoms with E-state index in [9.17, 15) is 0 Å². The van der Waals surface area contributed by atoms with Crippen molar-refractivity contribution in [3.05, 3.63) is 43.5 Å². The molecule has 0 aromatic rings. The third kappa shape index (κ3) is 0.923. The van der Waals surface area contributed by atoms with Crippen molar-refractivity contribution in [2.75, 3.05) is 0 Å². The molecule has 0 N–H and O–H groups in total. The van der Waals surface area contributed by atoms with Gasteiger partial charge in [0.2, 0.25) is 0 Å². The van der Waals surface area contributed by atoms with Crippen LogP contribution in [0.4, 0.5) is 0 Å². The van der Waals surface area contributed by atoms with Crippen molar-refractivity contribution in [1.82, 2.24) is 0 Å². The summed E-state index contributed by atoms with van der Waals surface area (Å²) < 4.78 is 3.98. The van der Waals surface area contributed by atoms with E-state index in [0.29, 0.717) is 0 Å². The molecule has 0 saturated heterocycles. The van der Waals surface area contributed by atoms with Gasteiger partial charge in [-0.1, -0.05) is 0 Å². The van der Waals surface area contributed by atoms with Crippen LogP contribution >= 0.6 is 0 Å². The summed E-state index contributed by atoms with van der Waals surface area (Å²) in [6.07, 6.45) is 11.0. The van der Waals surface area contributed by atoms with Gasteiger partial charge in [0.05, 0.1) is 0 Å². The first-order valence-corrected chi connectivity index (χ1v) is 6.06. The van der Waals surface area contributed by atoms with Gasteiger partial charge in [0.25, 0.3) is 0 Å². The van der Waals surface area contributed by atoms with Crippen molar-refractivity contribution < 1.29 is 0 Å². The molecule has 0 aromatic carbocycles. The van der Waals surface area contributed by atoms with Gasteiger partial charge in [-0.3, -0.25) is 0 Å². The Kier molecular flexibility index (Phi) is 1.35. The Balaban J connectivity index is 2.46. The first-order valence-electron chi connectivity index (χ1n) is 2.99. The minimum atomic E-state index is -0.264. The number of hydrogen-bond donors (Lipinski definition) is 0. The predicted molar refractivity (Wildman–Crippen MR) is 41.6 cm³/mol. The molecule has 2 rings (SSSR count). The zero-order chi connectivity index (χ0) is 6.10. The average Bonchev–Trinajstić information content (AvgIpc) is 2.33. The zero-order valence-electron chi connectivity index (χ0n) is 4.96. The third-order valence-electron chi connectivity index (χ3n) is 1.46. The molecule has 0 aromatic heterocycles. The number of rotatable bonds is 0. The van der Waals surface area contributed by atoms with Crippen LogP contribution in [0.1, 0.15) is 0 Å². The van der Waals surface area contributed by atoms with Crippen LogP contribution < -0.4 is 0 Å². The van der Waals surface area contributed by atoms with Gasteiger partial charge in [0.15, 0.2) is 0 Å². The van der Waals surface area contributed by atoms with Crippen molar-refractivity contribution in [1.29, 1.82) is 0 Å². The monoisotopic (exact) mass is 224 g/mol. The maximum atomic E-state index is 2.35. The summed E-state index contributed by atoms with van der Waals surface area (Å²) in [6.45, 7) is 0. The molecule has 0 amide bonds. The van der Waals surface area contributed by atoms with Crippen molar-refractivity contribution >= 4 is 21.6 Å². The molecule has 1 heteroatoms. The van der Waals surface area contributed by atoms with E-state index in [1.54, 1.807) is 3.52 Å². The van der Waals surface area contributed by atoms with E-state index < -0.39 is 0 Å². The maximum absolute atomic E-state index is 2.35. The van der Waals surface area contributed by atoms with Gasteiger partial charge in [-0.15, -0.1) is 0 Å². The van der Waals surface area contributed by atoms with Gasteiger partial charge in [-0.25, -0.2) is 0 Å². The summed E-state index contributed by atoms with van der Waals surface area (Å²) >= 11 is -0.264. The molecule has 0 nitrogen and oxygen atoms in total. The van der Waals surface area contributed by atoms with Gasteiger partial charge < -0.3 is 0 Å². The van der Waals surface area contributed by atoms with Gasteiger partial charge in [-0.2, -0.15) is 0 Å². The van der Waals surface area contributed by atoms with Crippen molar-refractivity contribution in [3.63, 3.8) is 0 Å². The van der Waals surface area contributed by atoms with Crippen molar-refractivity contribution in [2.45, 2.75) is 0 Å². The van der Waals surface area contributed by atoms with Crippen molar-refractivity contribution in [2.24, 2.45) is 0 Å². The number of allylic oxidation sites excluding steroid dienone is 7. The van der Waals surface area contributed by atoms with Crippen LogP contribution in [-0.2, 0) is 0 Å². The Labute approximate surface area is 65.2 Å². The molecule has 1 aliphatic carbocycles. The predicted octanol–water partition coefficient (Wildman–Crippen LogP) is 1.33. The van der Waals surface area contributed by atoms with E-state index >= 15 is 0 Å². The summed E-state index contributed by atoms with van der Waals surface area (Å²) in [7, 11) is 0. The van der Waals surface area contributed by atoms with Crippen molar-refractivity contribution in [3.8, 4) is 0 Å². The van der Waals surface area contributed by atoms with E-state index in [-0.39, 0.29) is 21.6 Å². The second-order valence-electron chi connectivity index (χ2n) is 2.06. The molecule has 1 heterocycles. The van der Waals surface area contributed by atoms with Crippen LogP contribution in [0.2, 0.25) is 0 Å². The van der Waals surface area contributed by atoms with Crippen LogP contribution in [0.3, 0.4) is 0 Å². The summed E-state index contributed by atoms with van der Waals surface area (Å²) in [5, 5.41) is 0. The van der Waals surface area contributed by atoms with Crippen LogP contribution in [0, 0.1) is 0 Å². The summed E-state index contributed by atoms with van der Waals surface area (Å²) in [5.41, 5.74) is 1.46. The quantitative estimate of drug-likeness (QED) is 0.545. The summed E-state index contributed by atoms with van der Waals surface area (Å²) in [5.74, 6) is 0. The van der Waals surface area contributed by atoms with E-state index in [4.69, 9.17) is 0 Å². The Bertz CT molecular complexity index is 241. The Hall–Kier alpha value is -0.222. The molecule has 0 unspecified atom stereocenters. The SMILES string of the molecule is C1=[CH][SbH][C]2=CC=CC2=C1. The van der Waals surface area contributed by atoms with E-state index in [1.807, 2.05) is 0 Å². The van der Waals surface area contributed by atoms with Gasteiger partial charge >= 0.3 is 65.1 Å². The van der Waals surface area contributed by atoms with Crippen LogP contribution in [0.15, 0.2) is 43.5 Å². The van der Waals surface area contributed by atoms with Crippen LogP contribution in [-0.4, -0.2) is 21.6 Å². The summed E-state index contributed by atoms with van der Waals surface area (Å²) in [4.78, 5) is 0. The third-order valence-corrected chi connectivity index (χ3v) is 4.67. The normalized spacial score (nSPS) is 21.3. The van der Waals surface area contributed by atoms with Gasteiger partial charge in [0.1, 0.15) is 0 Å². The van der Waals surface area contributed by atoms with Gasteiger partial charge in [-0.05, 0) is 0 Å². The Morgan fingerprint density at radius 3 is 3.00 bits per heavy atom. The molecule has 0 saturated carbocycles. The molecule has 0 atom stereocenters. The number of fused-ring (bicyclic) bond motifs is 1. The average molecular weight is 225 g/mol. The minimum absolute atomic E-state index is 0.264. The number of hydrogen-bond acceptors (Lipinski definition) is 0. The fourth-order valence-electron chi connectivity index (χ4n) is 1.00. The molecule has 44 valence electrons. The molecule has 9 heavy (non-hydrogen) atoms. The zero-order valence-corrected chi connectivity index (χ0v) is 7.82. The molecular weight excluding hydrogens is 218 g/mol. The first kappa shape index (κ1) is 5.55. The molecule has 0 radical (unpaired) electrons. The fourth-order valence-corrected chi connectivity index (χ4v) is 3.56. The molecule has 0 spiro atoms. The molecular formula is C8H7Sb. The Morgan fingerprint density at radius 2 is 2.11 bits per heavy atom. The molecule has 1 aliphatic heterocycles. The van der Waals surface area contributed by atoms with E-state index in [2.05, 4.69) is 34.4 Å². The molecule has 2 aliphatic rings. The second-order valence-corrected chi connectivity index (χ2v) is 5.38. The fraction of sp³-hybridized carbons (Fsp3) is 0. The standard InChI is InChI=1S/C8H6.Sb.H/c1-2-5-8-6-3-4-7-8;;/h1-6H;;. The molecule has 0 fully saturated rings. The van der Waals surface area contributed by atoms with Gasteiger partial charge in [0, 0.05) is 0 Å². The topological polar surface area (TPSA) is 0 Å². The van der Waals surface area contributed by atoms with E-state index in [0.717, 1.165) is 0 Å². The first-order chi connectivity index (χ1) is 4.47. The summed E-state index contributed by atoms with van der Waals surface area (Å²) in [6, 6.07) is 0. The van der Waals surface area contributed by atoms with Crippen LogP contribution in [0.25, 0.3) is 0 Å².